The van der Waals surface area contributed by atoms with Crippen LogP contribution in [0.4, 0.5) is 0 Å². The Morgan fingerprint density at radius 1 is 1.25 bits per heavy atom. The van der Waals surface area contributed by atoms with Gasteiger partial charge >= 0.3 is 0 Å². The maximum Gasteiger partial charge on any atom is 0.110 e. The van der Waals surface area contributed by atoms with Crippen LogP contribution >= 0.6 is 11.3 Å². The fraction of sp³-hybridized carbons (Fsp3) is 0.769. The van der Waals surface area contributed by atoms with Crippen molar-refractivity contribution in [3.63, 3.8) is 0 Å². The van der Waals surface area contributed by atoms with Crippen molar-refractivity contribution < 1.29 is 0 Å². The molecule has 2 nitrogen and oxygen atoms in total. The molecule has 16 heavy (non-hydrogen) atoms. The van der Waals surface area contributed by atoms with Gasteiger partial charge in [-0.25, -0.2) is 4.98 Å². The van der Waals surface area contributed by atoms with Crippen molar-refractivity contribution in [2.45, 2.75) is 59.4 Å². The highest BCUT2D eigenvalue weighted by molar-refractivity contribution is 7.11. The third-order valence-electron chi connectivity index (χ3n) is 2.63. The van der Waals surface area contributed by atoms with Crippen molar-refractivity contribution in [1.82, 2.24) is 4.98 Å². The van der Waals surface area contributed by atoms with Gasteiger partial charge in [-0.05, 0) is 24.7 Å². The normalized spacial score (nSPS) is 13.8. The summed E-state index contributed by atoms with van der Waals surface area (Å²) in [5, 5.41) is 1.11. The van der Waals surface area contributed by atoms with Gasteiger partial charge in [-0.15, -0.1) is 11.3 Å². The molecule has 0 saturated carbocycles. The van der Waals surface area contributed by atoms with Gasteiger partial charge in [0.15, 0.2) is 0 Å². The lowest BCUT2D eigenvalue weighted by Gasteiger charge is -2.06. The van der Waals surface area contributed by atoms with Gasteiger partial charge in [-0.3, -0.25) is 0 Å². The number of rotatable bonds is 5. The fourth-order valence-electron chi connectivity index (χ4n) is 1.70. The topological polar surface area (TPSA) is 38.9 Å². The number of hydrogen-bond acceptors (Lipinski definition) is 3. The third kappa shape index (κ3) is 3.29. The van der Waals surface area contributed by atoms with Crippen molar-refractivity contribution in [2.75, 3.05) is 0 Å². The Bertz CT molecular complexity index is 329. The molecule has 92 valence electrons. The molecule has 0 amide bonds. The zero-order valence-corrected chi connectivity index (χ0v) is 11.9. The molecule has 0 bridgehead atoms. The van der Waals surface area contributed by atoms with Crippen LogP contribution in [0.1, 0.15) is 68.6 Å². The Hall–Kier alpha value is -0.410. The zero-order chi connectivity index (χ0) is 12.3. The lowest BCUT2D eigenvalue weighted by molar-refractivity contribution is 0.622. The first-order valence-corrected chi connectivity index (χ1v) is 7.02. The Morgan fingerprint density at radius 3 is 2.31 bits per heavy atom. The second kappa shape index (κ2) is 5.78. The van der Waals surface area contributed by atoms with E-state index in [2.05, 4.69) is 34.6 Å². The van der Waals surface area contributed by atoms with Crippen molar-refractivity contribution in [3.8, 4) is 0 Å². The average molecular weight is 240 g/mol. The van der Waals surface area contributed by atoms with Gasteiger partial charge < -0.3 is 5.73 Å². The van der Waals surface area contributed by atoms with Crippen molar-refractivity contribution in [3.05, 3.63) is 15.6 Å². The van der Waals surface area contributed by atoms with Crippen LogP contribution in [-0.2, 0) is 6.42 Å². The van der Waals surface area contributed by atoms with Gasteiger partial charge in [-0.1, -0.05) is 34.6 Å². The molecule has 0 spiro atoms. The van der Waals surface area contributed by atoms with Crippen LogP contribution in [0.2, 0.25) is 0 Å². The number of hydrogen-bond donors (Lipinski definition) is 1. The molecule has 0 saturated heterocycles. The van der Waals surface area contributed by atoms with E-state index in [1.165, 1.54) is 10.6 Å². The lowest BCUT2D eigenvalue weighted by Crippen LogP contribution is -2.08. The third-order valence-corrected chi connectivity index (χ3v) is 4.16. The molecule has 0 fully saturated rings. The first-order valence-electron chi connectivity index (χ1n) is 6.20. The molecule has 1 unspecified atom stereocenters. The second-order valence-corrected chi connectivity index (χ2v) is 6.19. The predicted octanol–water partition coefficient (Wildman–Crippen LogP) is 3.87. The van der Waals surface area contributed by atoms with E-state index in [0.717, 1.165) is 17.8 Å². The smallest absolute Gasteiger partial charge is 0.110 e. The minimum atomic E-state index is 0.114. The SMILES string of the molecule is CCC(N)c1nc(CC(C)C)c(C(C)C)s1. The number of thiazole rings is 1. The number of nitrogens with zero attached hydrogens (tertiary/aromatic N) is 1. The van der Waals surface area contributed by atoms with Gasteiger partial charge in [-0.2, -0.15) is 0 Å². The Morgan fingerprint density at radius 2 is 1.88 bits per heavy atom. The summed E-state index contributed by atoms with van der Waals surface area (Å²) >= 11 is 1.81. The summed E-state index contributed by atoms with van der Waals surface area (Å²) < 4.78 is 0. The molecular weight excluding hydrogens is 216 g/mol. The van der Waals surface area contributed by atoms with E-state index in [1.807, 2.05) is 0 Å². The van der Waals surface area contributed by atoms with E-state index < -0.39 is 0 Å². The second-order valence-electron chi connectivity index (χ2n) is 5.13. The number of aromatic nitrogens is 1. The van der Waals surface area contributed by atoms with Gasteiger partial charge in [0.25, 0.3) is 0 Å². The Labute approximate surface area is 103 Å². The molecule has 1 aromatic rings. The summed E-state index contributed by atoms with van der Waals surface area (Å²) in [4.78, 5) is 6.16. The van der Waals surface area contributed by atoms with E-state index in [9.17, 15) is 0 Å². The van der Waals surface area contributed by atoms with Crippen LogP contribution in [0.5, 0.6) is 0 Å². The highest BCUT2D eigenvalue weighted by Gasteiger charge is 2.17. The number of nitrogens with two attached hydrogens (primary N) is 1. The molecule has 1 rings (SSSR count). The van der Waals surface area contributed by atoms with E-state index in [4.69, 9.17) is 10.7 Å². The molecular formula is C13H24N2S. The predicted molar refractivity (Wildman–Crippen MR) is 72.0 cm³/mol. The standard InChI is InChI=1S/C13H24N2S/c1-6-10(14)13-15-11(7-8(2)3)12(16-13)9(4)5/h8-10H,6-7,14H2,1-5H3. The van der Waals surface area contributed by atoms with Gasteiger partial charge in [0, 0.05) is 4.88 Å². The molecule has 2 N–H and O–H groups in total. The van der Waals surface area contributed by atoms with Gasteiger partial charge in [0.1, 0.15) is 5.01 Å². The molecule has 1 aromatic heterocycles. The first kappa shape index (κ1) is 13.7. The monoisotopic (exact) mass is 240 g/mol. The van der Waals surface area contributed by atoms with E-state index in [0.29, 0.717) is 11.8 Å². The van der Waals surface area contributed by atoms with Gasteiger partial charge in [0.05, 0.1) is 11.7 Å². The van der Waals surface area contributed by atoms with Crippen LogP contribution < -0.4 is 5.73 Å². The summed E-state index contributed by atoms with van der Waals surface area (Å²) in [6.45, 7) is 11.1. The molecule has 1 heterocycles. The quantitative estimate of drug-likeness (QED) is 0.848. The van der Waals surface area contributed by atoms with E-state index >= 15 is 0 Å². The fourth-order valence-corrected chi connectivity index (χ4v) is 2.88. The largest absolute Gasteiger partial charge is 0.322 e. The Balaban J connectivity index is 3.00. The molecule has 0 aliphatic heterocycles. The van der Waals surface area contributed by atoms with Crippen LogP contribution in [0, 0.1) is 5.92 Å². The molecule has 0 radical (unpaired) electrons. The summed E-state index contributed by atoms with van der Waals surface area (Å²) in [6.07, 6.45) is 2.03. The summed E-state index contributed by atoms with van der Waals surface area (Å²) in [6, 6.07) is 0.114. The molecule has 0 aliphatic rings. The molecule has 0 aromatic carbocycles. The summed E-state index contributed by atoms with van der Waals surface area (Å²) in [7, 11) is 0. The zero-order valence-electron chi connectivity index (χ0n) is 11.1. The van der Waals surface area contributed by atoms with E-state index in [-0.39, 0.29) is 6.04 Å². The maximum absolute atomic E-state index is 6.06. The lowest BCUT2D eigenvalue weighted by atomic mass is 10.0. The van der Waals surface area contributed by atoms with Crippen molar-refractivity contribution in [2.24, 2.45) is 11.7 Å². The minimum Gasteiger partial charge on any atom is -0.322 e. The van der Waals surface area contributed by atoms with Crippen molar-refractivity contribution in [1.29, 1.82) is 0 Å². The average Bonchev–Trinajstić information content (AvgIpc) is 2.59. The van der Waals surface area contributed by atoms with Crippen LogP contribution in [0.25, 0.3) is 0 Å². The van der Waals surface area contributed by atoms with Gasteiger partial charge in [0.2, 0.25) is 0 Å². The summed E-state index contributed by atoms with van der Waals surface area (Å²) in [5.74, 6) is 1.22. The van der Waals surface area contributed by atoms with Crippen LogP contribution in [-0.4, -0.2) is 4.98 Å². The Kier molecular flexibility index (Phi) is 4.93. The highest BCUT2D eigenvalue weighted by atomic mass is 32.1. The molecule has 1 atom stereocenters. The van der Waals surface area contributed by atoms with Crippen molar-refractivity contribution >= 4 is 11.3 Å². The summed E-state index contributed by atoms with van der Waals surface area (Å²) in [5.41, 5.74) is 7.33. The van der Waals surface area contributed by atoms with Crippen LogP contribution in [0.3, 0.4) is 0 Å². The first-order chi connectivity index (χ1) is 7.45. The van der Waals surface area contributed by atoms with Crippen LogP contribution in [0.15, 0.2) is 0 Å². The molecule has 3 heteroatoms. The maximum atomic E-state index is 6.06. The molecule has 0 aliphatic carbocycles. The highest BCUT2D eigenvalue weighted by Crippen LogP contribution is 2.31. The van der Waals surface area contributed by atoms with E-state index in [1.54, 1.807) is 11.3 Å². The minimum absolute atomic E-state index is 0.114.